The molecule has 1 saturated heterocycles. The van der Waals surface area contributed by atoms with Gasteiger partial charge in [-0.1, -0.05) is 24.3 Å². The van der Waals surface area contributed by atoms with E-state index in [1.807, 2.05) is 19.1 Å². The molecule has 0 saturated carbocycles. The molecule has 1 fully saturated rings. The number of morpholine rings is 1. The first kappa shape index (κ1) is 17.1. The van der Waals surface area contributed by atoms with Gasteiger partial charge >= 0.3 is 0 Å². The quantitative estimate of drug-likeness (QED) is 0.855. The predicted octanol–water partition coefficient (Wildman–Crippen LogP) is 3.20. The molecule has 0 N–H and O–H groups in total. The van der Waals surface area contributed by atoms with Gasteiger partial charge in [-0.3, -0.25) is 0 Å². The summed E-state index contributed by atoms with van der Waals surface area (Å²) in [6.07, 6.45) is -0.390. The Morgan fingerprint density at radius 1 is 1.12 bits per heavy atom. The largest absolute Gasteiger partial charge is 0.371 e. The summed E-state index contributed by atoms with van der Waals surface area (Å²) in [5, 5.41) is 0. The number of hydrogen-bond acceptors (Lipinski definition) is 3. The third-order valence-electron chi connectivity index (χ3n) is 4.23. The van der Waals surface area contributed by atoms with Gasteiger partial charge in [0.15, 0.2) is 0 Å². The first-order valence-electron chi connectivity index (χ1n) is 7.82. The van der Waals surface area contributed by atoms with Crippen LogP contribution in [-0.2, 0) is 14.8 Å². The van der Waals surface area contributed by atoms with Crippen LogP contribution >= 0.6 is 0 Å². The van der Waals surface area contributed by atoms with Crippen molar-refractivity contribution in [3.8, 4) is 0 Å². The van der Waals surface area contributed by atoms with Gasteiger partial charge in [0.05, 0.1) is 17.6 Å². The molecule has 128 valence electrons. The van der Waals surface area contributed by atoms with E-state index in [4.69, 9.17) is 4.74 Å². The zero-order valence-electron chi connectivity index (χ0n) is 13.7. The minimum absolute atomic E-state index is 0.224. The van der Waals surface area contributed by atoms with Crippen molar-refractivity contribution < 1.29 is 17.5 Å². The fourth-order valence-electron chi connectivity index (χ4n) is 2.85. The van der Waals surface area contributed by atoms with Gasteiger partial charge in [-0.15, -0.1) is 0 Å². The van der Waals surface area contributed by atoms with Crippen LogP contribution < -0.4 is 0 Å². The summed E-state index contributed by atoms with van der Waals surface area (Å²) in [7, 11) is -3.59. The molecule has 0 unspecified atom stereocenters. The molecule has 4 nitrogen and oxygen atoms in total. The summed E-state index contributed by atoms with van der Waals surface area (Å²) in [5.74, 6) is -0.325. The molecule has 1 heterocycles. The van der Waals surface area contributed by atoms with Gasteiger partial charge in [0.25, 0.3) is 0 Å². The highest BCUT2D eigenvalue weighted by Crippen LogP contribution is 2.28. The van der Waals surface area contributed by atoms with Gasteiger partial charge in [0, 0.05) is 13.1 Å². The van der Waals surface area contributed by atoms with E-state index in [0.717, 1.165) is 16.7 Å². The van der Waals surface area contributed by atoms with Crippen LogP contribution in [0.1, 0.15) is 22.8 Å². The van der Waals surface area contributed by atoms with Crippen molar-refractivity contribution in [2.45, 2.75) is 24.8 Å². The fraction of sp³-hybridized carbons (Fsp3) is 0.333. The van der Waals surface area contributed by atoms with Crippen LogP contribution in [0, 0.1) is 19.7 Å². The van der Waals surface area contributed by atoms with Crippen LogP contribution in [0.4, 0.5) is 4.39 Å². The standard InChI is InChI=1S/C18H20FNO3S/c1-13-3-4-14(2)18(11-13)24(21,22)20-9-10-23-17(12-20)15-5-7-16(19)8-6-15/h3-8,11,17H,9-10,12H2,1-2H3/t17-/m1/s1. The van der Waals surface area contributed by atoms with E-state index >= 15 is 0 Å². The molecule has 0 radical (unpaired) electrons. The smallest absolute Gasteiger partial charge is 0.243 e. The second kappa shape index (κ2) is 6.63. The van der Waals surface area contributed by atoms with Crippen molar-refractivity contribution >= 4 is 10.0 Å². The zero-order valence-corrected chi connectivity index (χ0v) is 14.5. The molecule has 6 heteroatoms. The molecule has 0 spiro atoms. The van der Waals surface area contributed by atoms with Crippen molar-refractivity contribution in [2.75, 3.05) is 19.7 Å². The van der Waals surface area contributed by atoms with Crippen LogP contribution in [0.2, 0.25) is 0 Å². The van der Waals surface area contributed by atoms with Crippen molar-refractivity contribution in [3.63, 3.8) is 0 Å². The van der Waals surface area contributed by atoms with Gasteiger partial charge in [0.2, 0.25) is 10.0 Å². The number of halogens is 1. The lowest BCUT2D eigenvalue weighted by Gasteiger charge is -2.32. The average molecular weight is 349 g/mol. The van der Waals surface area contributed by atoms with Crippen molar-refractivity contribution in [1.82, 2.24) is 4.31 Å². The number of sulfonamides is 1. The topological polar surface area (TPSA) is 46.6 Å². The highest BCUT2D eigenvalue weighted by molar-refractivity contribution is 7.89. The highest BCUT2D eigenvalue weighted by atomic mass is 32.2. The Morgan fingerprint density at radius 3 is 2.54 bits per heavy atom. The molecule has 1 aliphatic heterocycles. The summed E-state index contributed by atoms with van der Waals surface area (Å²) in [5.41, 5.74) is 2.41. The molecular weight excluding hydrogens is 329 g/mol. The summed E-state index contributed by atoms with van der Waals surface area (Å²) < 4.78 is 46.2. The van der Waals surface area contributed by atoms with Gasteiger partial charge in [0.1, 0.15) is 5.82 Å². The van der Waals surface area contributed by atoms with Crippen LogP contribution in [0.5, 0.6) is 0 Å². The van der Waals surface area contributed by atoms with Crippen LogP contribution in [0.3, 0.4) is 0 Å². The fourth-order valence-corrected chi connectivity index (χ4v) is 4.58. The van der Waals surface area contributed by atoms with Crippen LogP contribution in [0.15, 0.2) is 47.4 Å². The number of ether oxygens (including phenoxy) is 1. The summed E-state index contributed by atoms with van der Waals surface area (Å²) in [6.45, 7) is 4.52. The number of rotatable bonds is 3. The molecule has 0 aliphatic carbocycles. The van der Waals surface area contributed by atoms with Crippen molar-refractivity contribution in [1.29, 1.82) is 0 Å². The van der Waals surface area contributed by atoms with Crippen LogP contribution in [0.25, 0.3) is 0 Å². The lowest BCUT2D eigenvalue weighted by atomic mass is 10.1. The molecule has 2 aromatic rings. The van der Waals surface area contributed by atoms with E-state index in [2.05, 4.69) is 0 Å². The van der Waals surface area contributed by atoms with Gasteiger partial charge < -0.3 is 4.74 Å². The minimum atomic E-state index is -3.59. The SMILES string of the molecule is Cc1ccc(C)c(S(=O)(=O)N2CCO[C@@H](c3ccc(F)cc3)C2)c1. The molecular formula is C18H20FNO3S. The zero-order chi connectivity index (χ0) is 17.3. The van der Waals surface area contributed by atoms with Crippen LogP contribution in [-0.4, -0.2) is 32.4 Å². The van der Waals surface area contributed by atoms with E-state index in [0.29, 0.717) is 18.0 Å². The monoisotopic (exact) mass is 349 g/mol. The normalized spacial score (nSPS) is 19.4. The number of nitrogens with zero attached hydrogens (tertiary/aromatic N) is 1. The lowest BCUT2D eigenvalue weighted by Crippen LogP contribution is -2.42. The number of aryl methyl sites for hydroxylation is 2. The Balaban J connectivity index is 1.88. The lowest BCUT2D eigenvalue weighted by molar-refractivity contribution is -0.00259. The third-order valence-corrected chi connectivity index (χ3v) is 6.24. The molecule has 3 rings (SSSR count). The third kappa shape index (κ3) is 3.36. The molecule has 0 amide bonds. The first-order valence-corrected chi connectivity index (χ1v) is 9.26. The summed E-state index contributed by atoms with van der Waals surface area (Å²) >= 11 is 0. The van der Waals surface area contributed by atoms with E-state index in [1.165, 1.54) is 16.4 Å². The maximum atomic E-state index is 13.1. The van der Waals surface area contributed by atoms with E-state index in [-0.39, 0.29) is 18.5 Å². The maximum Gasteiger partial charge on any atom is 0.243 e. The number of benzene rings is 2. The van der Waals surface area contributed by atoms with Crippen molar-refractivity contribution in [2.24, 2.45) is 0 Å². The molecule has 1 atom stereocenters. The minimum Gasteiger partial charge on any atom is -0.371 e. The van der Waals surface area contributed by atoms with E-state index in [9.17, 15) is 12.8 Å². The molecule has 1 aliphatic rings. The van der Waals surface area contributed by atoms with E-state index in [1.54, 1.807) is 25.1 Å². The maximum absolute atomic E-state index is 13.1. The Hall–Kier alpha value is -1.76. The van der Waals surface area contributed by atoms with Crippen molar-refractivity contribution in [3.05, 3.63) is 65.0 Å². The Kier molecular flexibility index (Phi) is 4.71. The Morgan fingerprint density at radius 2 is 1.83 bits per heavy atom. The number of hydrogen-bond donors (Lipinski definition) is 0. The Bertz CT molecular complexity index is 834. The van der Waals surface area contributed by atoms with Gasteiger partial charge in [-0.2, -0.15) is 4.31 Å². The van der Waals surface area contributed by atoms with E-state index < -0.39 is 10.0 Å². The molecule has 24 heavy (non-hydrogen) atoms. The molecule has 0 aromatic heterocycles. The second-order valence-electron chi connectivity index (χ2n) is 6.04. The molecule has 2 aromatic carbocycles. The Labute approximate surface area is 141 Å². The second-order valence-corrected chi connectivity index (χ2v) is 7.95. The summed E-state index contributed by atoms with van der Waals surface area (Å²) in [4.78, 5) is 0.335. The van der Waals surface area contributed by atoms with Gasteiger partial charge in [-0.05, 0) is 48.7 Å². The first-order chi connectivity index (χ1) is 11.4. The summed E-state index contributed by atoms with van der Waals surface area (Å²) in [6, 6.07) is 11.4. The highest BCUT2D eigenvalue weighted by Gasteiger charge is 2.32. The predicted molar refractivity (Wildman–Crippen MR) is 89.8 cm³/mol. The average Bonchev–Trinajstić information content (AvgIpc) is 2.58. The molecule has 0 bridgehead atoms. The van der Waals surface area contributed by atoms with Gasteiger partial charge in [-0.25, -0.2) is 12.8 Å².